The molecule has 1 saturated heterocycles. The molecule has 1 heterocycles. The average molecular weight is 333 g/mol. The molecular formula is C18H27N3O3. The van der Waals surface area contributed by atoms with Gasteiger partial charge in [-0.15, -0.1) is 0 Å². The molecular weight excluding hydrogens is 306 g/mol. The van der Waals surface area contributed by atoms with Gasteiger partial charge < -0.3 is 20.3 Å². The van der Waals surface area contributed by atoms with E-state index in [9.17, 15) is 9.59 Å². The monoisotopic (exact) mass is 333 g/mol. The SMILES string of the molecule is CN(C)C(=O)COc1ccccc1C(=O)N1CCC(N)C(C)(C)C1. The molecule has 6 heteroatoms. The number of nitrogens with zero attached hydrogens (tertiary/aromatic N) is 2. The summed E-state index contributed by atoms with van der Waals surface area (Å²) in [4.78, 5) is 27.9. The highest BCUT2D eigenvalue weighted by molar-refractivity contribution is 5.97. The Morgan fingerprint density at radius 1 is 1.33 bits per heavy atom. The van der Waals surface area contributed by atoms with Gasteiger partial charge in [0.2, 0.25) is 0 Å². The molecule has 24 heavy (non-hydrogen) atoms. The van der Waals surface area contributed by atoms with Crippen LogP contribution in [0.25, 0.3) is 0 Å². The Hall–Kier alpha value is -2.08. The van der Waals surface area contributed by atoms with E-state index < -0.39 is 0 Å². The summed E-state index contributed by atoms with van der Waals surface area (Å²) >= 11 is 0. The number of nitrogens with two attached hydrogens (primary N) is 1. The first-order chi connectivity index (χ1) is 11.2. The molecule has 132 valence electrons. The first-order valence-corrected chi connectivity index (χ1v) is 8.19. The van der Waals surface area contributed by atoms with E-state index in [1.807, 2.05) is 4.90 Å². The van der Waals surface area contributed by atoms with Crippen LogP contribution in [0.4, 0.5) is 0 Å². The van der Waals surface area contributed by atoms with Crippen LogP contribution in [0.5, 0.6) is 5.75 Å². The summed E-state index contributed by atoms with van der Waals surface area (Å²) in [7, 11) is 3.34. The van der Waals surface area contributed by atoms with Gasteiger partial charge in [-0.1, -0.05) is 26.0 Å². The van der Waals surface area contributed by atoms with Crippen LogP contribution in [0.3, 0.4) is 0 Å². The summed E-state index contributed by atoms with van der Waals surface area (Å²) in [6.45, 7) is 5.31. The normalized spacial score (nSPS) is 19.7. The maximum atomic E-state index is 12.9. The Kier molecular flexibility index (Phi) is 5.49. The number of piperidine rings is 1. The molecule has 2 amide bonds. The molecule has 2 N–H and O–H groups in total. The van der Waals surface area contributed by atoms with Crippen molar-refractivity contribution in [1.82, 2.24) is 9.80 Å². The number of rotatable bonds is 4. The zero-order valence-corrected chi connectivity index (χ0v) is 14.9. The topological polar surface area (TPSA) is 75.9 Å². The molecule has 0 spiro atoms. The molecule has 1 aromatic carbocycles. The molecule has 6 nitrogen and oxygen atoms in total. The molecule has 2 rings (SSSR count). The lowest BCUT2D eigenvalue weighted by molar-refractivity contribution is -0.130. The van der Waals surface area contributed by atoms with Crippen LogP contribution < -0.4 is 10.5 Å². The minimum Gasteiger partial charge on any atom is -0.483 e. The Morgan fingerprint density at radius 2 is 2.00 bits per heavy atom. The van der Waals surface area contributed by atoms with Gasteiger partial charge in [0.15, 0.2) is 6.61 Å². The van der Waals surface area contributed by atoms with Gasteiger partial charge in [-0.25, -0.2) is 0 Å². The largest absolute Gasteiger partial charge is 0.483 e. The fourth-order valence-electron chi connectivity index (χ4n) is 2.76. The molecule has 0 radical (unpaired) electrons. The van der Waals surface area contributed by atoms with Gasteiger partial charge >= 0.3 is 0 Å². The molecule has 0 aliphatic carbocycles. The predicted molar refractivity (Wildman–Crippen MR) is 92.9 cm³/mol. The van der Waals surface area contributed by atoms with Crippen molar-refractivity contribution in [2.24, 2.45) is 11.1 Å². The van der Waals surface area contributed by atoms with Gasteiger partial charge in [0, 0.05) is 33.2 Å². The third-order valence-electron chi connectivity index (χ3n) is 4.57. The first-order valence-electron chi connectivity index (χ1n) is 8.19. The molecule has 0 aromatic heterocycles. The van der Waals surface area contributed by atoms with Crippen molar-refractivity contribution in [2.45, 2.75) is 26.3 Å². The number of hydrogen-bond donors (Lipinski definition) is 1. The van der Waals surface area contributed by atoms with Crippen molar-refractivity contribution in [3.63, 3.8) is 0 Å². The summed E-state index contributed by atoms with van der Waals surface area (Å²) in [6, 6.07) is 7.14. The number of likely N-dealkylation sites (tertiary alicyclic amines) is 1. The minimum atomic E-state index is -0.151. The average Bonchev–Trinajstić information content (AvgIpc) is 2.54. The predicted octanol–water partition coefficient (Wildman–Crippen LogP) is 1.35. The number of para-hydroxylation sites is 1. The van der Waals surface area contributed by atoms with Crippen molar-refractivity contribution in [3.8, 4) is 5.75 Å². The number of ether oxygens (including phenoxy) is 1. The zero-order chi connectivity index (χ0) is 17.9. The van der Waals surface area contributed by atoms with Crippen LogP contribution >= 0.6 is 0 Å². The molecule has 0 saturated carbocycles. The van der Waals surface area contributed by atoms with Gasteiger partial charge in [0.05, 0.1) is 5.56 Å². The van der Waals surface area contributed by atoms with Gasteiger partial charge in [-0.05, 0) is 24.0 Å². The van der Waals surface area contributed by atoms with Gasteiger partial charge in [-0.3, -0.25) is 9.59 Å². The molecule has 0 bridgehead atoms. The smallest absolute Gasteiger partial charge is 0.259 e. The highest BCUT2D eigenvalue weighted by Gasteiger charge is 2.36. The summed E-state index contributed by atoms with van der Waals surface area (Å²) in [6.07, 6.45) is 0.779. The highest BCUT2D eigenvalue weighted by atomic mass is 16.5. The molecule has 1 fully saturated rings. The Bertz CT molecular complexity index is 613. The number of carbonyl (C=O) groups is 2. The lowest BCUT2D eigenvalue weighted by Gasteiger charge is -2.42. The summed E-state index contributed by atoms with van der Waals surface area (Å²) < 4.78 is 5.58. The molecule has 1 aliphatic heterocycles. The van der Waals surface area contributed by atoms with Crippen molar-refractivity contribution in [2.75, 3.05) is 33.8 Å². The second-order valence-corrected chi connectivity index (χ2v) is 7.18. The number of amides is 2. The zero-order valence-electron chi connectivity index (χ0n) is 14.9. The number of benzene rings is 1. The molecule has 1 aliphatic rings. The van der Waals surface area contributed by atoms with E-state index in [2.05, 4.69) is 13.8 Å². The Balaban J connectivity index is 2.14. The first kappa shape index (κ1) is 18.3. The number of hydrogen-bond acceptors (Lipinski definition) is 4. The van der Waals surface area contributed by atoms with E-state index in [1.54, 1.807) is 38.4 Å². The van der Waals surface area contributed by atoms with Crippen LogP contribution in [-0.2, 0) is 4.79 Å². The van der Waals surface area contributed by atoms with Crippen molar-refractivity contribution in [1.29, 1.82) is 0 Å². The van der Waals surface area contributed by atoms with E-state index in [-0.39, 0.29) is 29.9 Å². The Morgan fingerprint density at radius 3 is 2.62 bits per heavy atom. The fourth-order valence-corrected chi connectivity index (χ4v) is 2.76. The van der Waals surface area contributed by atoms with Gasteiger partial charge in [0.25, 0.3) is 11.8 Å². The number of likely N-dealkylation sites (N-methyl/N-ethyl adjacent to an activating group) is 1. The highest BCUT2D eigenvalue weighted by Crippen LogP contribution is 2.30. The summed E-state index contributed by atoms with van der Waals surface area (Å²) in [5, 5.41) is 0. The third kappa shape index (κ3) is 4.06. The van der Waals surface area contributed by atoms with Crippen molar-refractivity contribution < 1.29 is 14.3 Å². The van der Waals surface area contributed by atoms with Crippen LogP contribution in [-0.4, -0.2) is 61.4 Å². The summed E-state index contributed by atoms with van der Waals surface area (Å²) in [5.41, 5.74) is 6.51. The lowest BCUT2D eigenvalue weighted by atomic mass is 9.79. The van der Waals surface area contributed by atoms with E-state index in [0.717, 1.165) is 6.42 Å². The summed E-state index contributed by atoms with van der Waals surface area (Å²) in [5.74, 6) is 0.204. The molecule has 1 unspecified atom stereocenters. The van der Waals surface area contributed by atoms with Crippen LogP contribution in [0, 0.1) is 5.41 Å². The van der Waals surface area contributed by atoms with E-state index in [1.165, 1.54) is 4.90 Å². The fraction of sp³-hybridized carbons (Fsp3) is 0.556. The van der Waals surface area contributed by atoms with Crippen LogP contribution in [0.1, 0.15) is 30.6 Å². The van der Waals surface area contributed by atoms with Crippen LogP contribution in [0.15, 0.2) is 24.3 Å². The van der Waals surface area contributed by atoms with Crippen LogP contribution in [0.2, 0.25) is 0 Å². The molecule has 1 atom stereocenters. The second kappa shape index (κ2) is 7.21. The van der Waals surface area contributed by atoms with E-state index in [0.29, 0.717) is 24.4 Å². The third-order valence-corrected chi connectivity index (χ3v) is 4.57. The number of carbonyl (C=O) groups excluding carboxylic acids is 2. The van der Waals surface area contributed by atoms with E-state index in [4.69, 9.17) is 10.5 Å². The Labute approximate surface area is 143 Å². The standard InChI is InChI=1S/C18H27N3O3/c1-18(2)12-21(10-9-15(18)19)17(23)13-7-5-6-8-14(13)24-11-16(22)20(3)4/h5-8,15H,9-12,19H2,1-4H3. The maximum Gasteiger partial charge on any atom is 0.259 e. The van der Waals surface area contributed by atoms with E-state index >= 15 is 0 Å². The van der Waals surface area contributed by atoms with Gasteiger partial charge in [-0.2, -0.15) is 0 Å². The molecule has 1 aromatic rings. The van der Waals surface area contributed by atoms with Crippen molar-refractivity contribution >= 4 is 11.8 Å². The van der Waals surface area contributed by atoms with Gasteiger partial charge in [0.1, 0.15) is 5.75 Å². The minimum absolute atomic E-state index is 0.0807. The van der Waals surface area contributed by atoms with Crippen molar-refractivity contribution in [3.05, 3.63) is 29.8 Å². The quantitative estimate of drug-likeness (QED) is 0.902. The maximum absolute atomic E-state index is 12.9. The second-order valence-electron chi connectivity index (χ2n) is 7.18. The lowest BCUT2D eigenvalue weighted by Crippen LogP contribution is -2.54.